The maximum absolute atomic E-state index is 12.3. The molecule has 3 heterocycles. The molecule has 1 saturated heterocycles. The van der Waals surface area contributed by atoms with E-state index in [0.29, 0.717) is 6.04 Å². The summed E-state index contributed by atoms with van der Waals surface area (Å²) in [5.74, 6) is 1.03. The Morgan fingerprint density at radius 1 is 1.36 bits per heavy atom. The first-order valence-corrected chi connectivity index (χ1v) is 9.70. The summed E-state index contributed by atoms with van der Waals surface area (Å²) in [6, 6.07) is 2.35. The number of thioether (sulfide) groups is 1. The van der Waals surface area contributed by atoms with Crippen molar-refractivity contribution in [3.8, 4) is 0 Å². The van der Waals surface area contributed by atoms with Crippen LogP contribution in [0.3, 0.4) is 0 Å². The molecule has 1 aliphatic heterocycles. The molecule has 0 unspecified atom stereocenters. The van der Waals surface area contributed by atoms with Crippen LogP contribution in [-0.4, -0.2) is 41.3 Å². The summed E-state index contributed by atoms with van der Waals surface area (Å²) in [6.07, 6.45) is 6.61. The molecule has 0 spiro atoms. The largest absolute Gasteiger partial charge is 0.356 e. The Balaban J connectivity index is 1.75. The van der Waals surface area contributed by atoms with Crippen molar-refractivity contribution in [2.24, 2.45) is 0 Å². The fraction of sp³-hybridized carbons (Fsp3) is 0.533. The van der Waals surface area contributed by atoms with Gasteiger partial charge >= 0.3 is 0 Å². The van der Waals surface area contributed by atoms with E-state index < -0.39 is 0 Å². The third-order valence-electron chi connectivity index (χ3n) is 4.08. The Morgan fingerprint density at radius 3 is 2.82 bits per heavy atom. The van der Waals surface area contributed by atoms with Gasteiger partial charge in [-0.05, 0) is 38.0 Å². The van der Waals surface area contributed by atoms with E-state index in [2.05, 4.69) is 15.2 Å². The van der Waals surface area contributed by atoms with E-state index in [0.717, 1.165) is 52.0 Å². The molecule has 5 nitrogen and oxygen atoms in total. The molecule has 0 atom stereocenters. The van der Waals surface area contributed by atoms with Gasteiger partial charge in [0, 0.05) is 19.1 Å². The lowest BCUT2D eigenvalue weighted by Crippen LogP contribution is -2.24. The van der Waals surface area contributed by atoms with E-state index in [9.17, 15) is 4.79 Å². The summed E-state index contributed by atoms with van der Waals surface area (Å²) in [5.41, 5.74) is 0. The van der Waals surface area contributed by atoms with Gasteiger partial charge in [-0.3, -0.25) is 4.79 Å². The molecule has 2 aromatic rings. The van der Waals surface area contributed by atoms with Crippen LogP contribution in [0.1, 0.15) is 35.4 Å². The van der Waals surface area contributed by atoms with E-state index in [1.165, 1.54) is 24.2 Å². The van der Waals surface area contributed by atoms with Crippen molar-refractivity contribution in [1.29, 1.82) is 0 Å². The SMILES string of the molecule is CSc1nc(N2CCCC2)c2cc(C(=O)NC3CC3)sc2n1. The van der Waals surface area contributed by atoms with Crippen LogP contribution in [0.15, 0.2) is 11.2 Å². The van der Waals surface area contributed by atoms with Crippen molar-refractivity contribution in [2.75, 3.05) is 24.2 Å². The molecule has 0 bridgehead atoms. The number of hydrogen-bond acceptors (Lipinski definition) is 6. The van der Waals surface area contributed by atoms with Crippen LogP contribution in [0.5, 0.6) is 0 Å². The van der Waals surface area contributed by atoms with Gasteiger partial charge in [0.1, 0.15) is 10.6 Å². The molecule has 116 valence electrons. The van der Waals surface area contributed by atoms with Crippen LogP contribution < -0.4 is 10.2 Å². The number of nitrogens with zero attached hydrogens (tertiary/aromatic N) is 3. The Labute approximate surface area is 137 Å². The molecule has 2 aliphatic rings. The zero-order chi connectivity index (χ0) is 15.1. The van der Waals surface area contributed by atoms with Gasteiger partial charge in [-0.15, -0.1) is 11.3 Å². The van der Waals surface area contributed by atoms with Crippen molar-refractivity contribution in [3.63, 3.8) is 0 Å². The second-order valence-corrected chi connectivity index (χ2v) is 7.61. The number of nitrogens with one attached hydrogen (secondary N) is 1. The molecule has 1 amide bonds. The van der Waals surface area contributed by atoms with Gasteiger partial charge in [0.15, 0.2) is 5.16 Å². The zero-order valence-electron chi connectivity index (χ0n) is 12.5. The fourth-order valence-corrected chi connectivity index (χ4v) is 4.09. The lowest BCUT2D eigenvalue weighted by atomic mass is 10.3. The van der Waals surface area contributed by atoms with E-state index in [1.54, 1.807) is 11.8 Å². The van der Waals surface area contributed by atoms with E-state index >= 15 is 0 Å². The topological polar surface area (TPSA) is 58.1 Å². The minimum Gasteiger partial charge on any atom is -0.356 e. The predicted octanol–water partition coefficient (Wildman–Crippen LogP) is 2.91. The molecular weight excluding hydrogens is 316 g/mol. The number of anilines is 1. The van der Waals surface area contributed by atoms with Crippen LogP contribution >= 0.6 is 23.1 Å². The van der Waals surface area contributed by atoms with E-state index in [1.807, 2.05) is 12.3 Å². The number of fused-ring (bicyclic) bond motifs is 1. The van der Waals surface area contributed by atoms with Gasteiger partial charge < -0.3 is 10.2 Å². The third-order valence-corrected chi connectivity index (χ3v) is 5.65. The fourth-order valence-electron chi connectivity index (χ4n) is 2.74. The predicted molar refractivity (Wildman–Crippen MR) is 91.1 cm³/mol. The molecule has 2 fully saturated rings. The molecule has 7 heteroatoms. The highest BCUT2D eigenvalue weighted by molar-refractivity contribution is 7.98. The summed E-state index contributed by atoms with van der Waals surface area (Å²) >= 11 is 3.03. The van der Waals surface area contributed by atoms with Gasteiger partial charge in [0.05, 0.1) is 10.3 Å². The average Bonchev–Trinajstić information content (AvgIpc) is 3.05. The quantitative estimate of drug-likeness (QED) is 0.688. The first-order chi connectivity index (χ1) is 10.7. The number of carbonyl (C=O) groups excluding carboxylic acids is 1. The third kappa shape index (κ3) is 2.67. The molecule has 22 heavy (non-hydrogen) atoms. The van der Waals surface area contributed by atoms with Crippen molar-refractivity contribution in [3.05, 3.63) is 10.9 Å². The number of thiophene rings is 1. The van der Waals surface area contributed by atoms with Crippen LogP contribution in [0.4, 0.5) is 5.82 Å². The van der Waals surface area contributed by atoms with Gasteiger partial charge in [-0.2, -0.15) is 0 Å². The number of rotatable bonds is 4. The van der Waals surface area contributed by atoms with E-state index in [4.69, 9.17) is 4.98 Å². The standard InChI is InChI=1S/C15H18N4OS2/c1-21-15-17-12(19-6-2-3-7-19)10-8-11(22-14(10)18-15)13(20)16-9-4-5-9/h8-9H,2-7H2,1H3,(H,16,20). The zero-order valence-corrected chi connectivity index (χ0v) is 14.1. The van der Waals surface area contributed by atoms with Gasteiger partial charge in [0.2, 0.25) is 0 Å². The normalized spacial score (nSPS) is 18.1. The molecule has 0 radical (unpaired) electrons. The molecule has 4 rings (SSSR count). The van der Waals surface area contributed by atoms with Gasteiger partial charge in [-0.25, -0.2) is 9.97 Å². The number of amides is 1. The number of aromatic nitrogens is 2. The average molecular weight is 334 g/mol. The monoisotopic (exact) mass is 334 g/mol. The van der Waals surface area contributed by atoms with Crippen LogP contribution in [0.25, 0.3) is 10.2 Å². The van der Waals surface area contributed by atoms with Crippen molar-refractivity contribution in [1.82, 2.24) is 15.3 Å². The van der Waals surface area contributed by atoms with Crippen LogP contribution in [0.2, 0.25) is 0 Å². The summed E-state index contributed by atoms with van der Waals surface area (Å²) < 4.78 is 0. The van der Waals surface area contributed by atoms with Crippen LogP contribution in [0, 0.1) is 0 Å². The smallest absolute Gasteiger partial charge is 0.261 e. The first kappa shape index (κ1) is 14.3. The Bertz CT molecular complexity index is 720. The number of hydrogen-bond donors (Lipinski definition) is 1. The first-order valence-electron chi connectivity index (χ1n) is 7.66. The van der Waals surface area contributed by atoms with Crippen LogP contribution in [-0.2, 0) is 0 Å². The molecule has 1 saturated carbocycles. The highest BCUT2D eigenvalue weighted by Gasteiger charge is 2.26. The summed E-state index contributed by atoms with van der Waals surface area (Å²) in [4.78, 5) is 25.6. The molecule has 1 N–H and O–H groups in total. The Hall–Kier alpha value is -1.34. The van der Waals surface area contributed by atoms with E-state index in [-0.39, 0.29) is 5.91 Å². The highest BCUT2D eigenvalue weighted by Crippen LogP contribution is 2.34. The van der Waals surface area contributed by atoms with Crippen molar-refractivity contribution in [2.45, 2.75) is 36.9 Å². The molecule has 2 aromatic heterocycles. The van der Waals surface area contributed by atoms with Crippen molar-refractivity contribution >= 4 is 45.0 Å². The molecule has 0 aromatic carbocycles. The highest BCUT2D eigenvalue weighted by atomic mass is 32.2. The Kier molecular flexibility index (Phi) is 3.69. The lowest BCUT2D eigenvalue weighted by Gasteiger charge is -2.17. The minimum atomic E-state index is 0.0311. The summed E-state index contributed by atoms with van der Waals surface area (Å²) in [5, 5.41) is 4.86. The number of carbonyl (C=O) groups is 1. The molecular formula is C15H18N4OS2. The van der Waals surface area contributed by atoms with Gasteiger partial charge in [-0.1, -0.05) is 11.8 Å². The second kappa shape index (κ2) is 5.70. The molecule has 1 aliphatic carbocycles. The summed E-state index contributed by atoms with van der Waals surface area (Å²) in [6.45, 7) is 2.08. The lowest BCUT2D eigenvalue weighted by molar-refractivity contribution is 0.0955. The van der Waals surface area contributed by atoms with Crippen molar-refractivity contribution < 1.29 is 4.79 Å². The summed E-state index contributed by atoms with van der Waals surface area (Å²) in [7, 11) is 0. The maximum atomic E-state index is 12.3. The second-order valence-electron chi connectivity index (χ2n) is 5.81. The maximum Gasteiger partial charge on any atom is 0.261 e. The Morgan fingerprint density at radius 2 is 2.14 bits per heavy atom. The van der Waals surface area contributed by atoms with Gasteiger partial charge in [0.25, 0.3) is 5.91 Å². The minimum absolute atomic E-state index is 0.0311.